The van der Waals surface area contributed by atoms with Gasteiger partial charge in [0.1, 0.15) is 0 Å². The molecule has 0 fully saturated rings. The first kappa shape index (κ1) is 15.7. The van der Waals surface area contributed by atoms with Crippen LogP contribution in [-0.2, 0) is 0 Å². The second-order valence-electron chi connectivity index (χ2n) is 5.61. The van der Waals surface area contributed by atoms with E-state index in [1.165, 1.54) is 11.1 Å². The van der Waals surface area contributed by atoms with Crippen LogP contribution in [-0.4, -0.2) is 16.7 Å². The number of aromatic nitrogens is 1. The van der Waals surface area contributed by atoms with Crippen molar-refractivity contribution in [2.45, 2.75) is 39.8 Å². The van der Waals surface area contributed by atoms with Crippen molar-refractivity contribution >= 4 is 0 Å². The fourth-order valence-electron chi connectivity index (χ4n) is 3.01. The summed E-state index contributed by atoms with van der Waals surface area (Å²) in [6, 6.07) is 12.2. The first-order valence-electron chi connectivity index (χ1n) is 7.39. The number of nitrogens with zero attached hydrogens (tertiary/aromatic N) is 1. The first-order chi connectivity index (χ1) is 10.0. The summed E-state index contributed by atoms with van der Waals surface area (Å²) in [5.74, 6) is 0. The molecule has 2 atom stereocenters. The Morgan fingerprint density at radius 3 is 2.38 bits per heavy atom. The van der Waals surface area contributed by atoms with Crippen LogP contribution in [0.3, 0.4) is 0 Å². The Bertz CT molecular complexity index is 572. The van der Waals surface area contributed by atoms with Crippen LogP contribution in [0.2, 0.25) is 0 Å². The lowest BCUT2D eigenvalue weighted by Gasteiger charge is -2.25. The van der Waals surface area contributed by atoms with Gasteiger partial charge < -0.3 is 10.4 Å². The number of rotatable bonds is 5. The van der Waals surface area contributed by atoms with E-state index in [2.05, 4.69) is 30.2 Å². The van der Waals surface area contributed by atoms with E-state index >= 15 is 0 Å². The van der Waals surface area contributed by atoms with E-state index in [1.807, 2.05) is 44.2 Å². The molecule has 0 amide bonds. The van der Waals surface area contributed by atoms with Crippen molar-refractivity contribution in [2.24, 2.45) is 0 Å². The van der Waals surface area contributed by atoms with Crippen molar-refractivity contribution < 1.29 is 5.11 Å². The van der Waals surface area contributed by atoms with Crippen molar-refractivity contribution in [1.29, 1.82) is 0 Å². The number of aryl methyl sites for hydroxylation is 3. The van der Waals surface area contributed by atoms with Gasteiger partial charge in [-0.3, -0.25) is 4.98 Å². The van der Waals surface area contributed by atoms with Gasteiger partial charge in [-0.2, -0.15) is 0 Å². The van der Waals surface area contributed by atoms with E-state index in [-0.39, 0.29) is 18.7 Å². The Morgan fingerprint density at radius 2 is 1.81 bits per heavy atom. The van der Waals surface area contributed by atoms with Crippen molar-refractivity contribution in [2.75, 3.05) is 6.61 Å². The molecule has 2 aromatic rings. The zero-order valence-corrected chi connectivity index (χ0v) is 13.2. The third-order valence-corrected chi connectivity index (χ3v) is 3.85. The molecule has 0 aliphatic carbocycles. The van der Waals surface area contributed by atoms with E-state index < -0.39 is 0 Å². The summed E-state index contributed by atoms with van der Waals surface area (Å²) < 4.78 is 0. The van der Waals surface area contributed by atoms with E-state index in [0.29, 0.717) is 0 Å². The van der Waals surface area contributed by atoms with Crippen LogP contribution in [0.15, 0.2) is 36.4 Å². The lowest BCUT2D eigenvalue weighted by molar-refractivity contribution is 0.235. The van der Waals surface area contributed by atoms with Crippen LogP contribution in [0.4, 0.5) is 0 Å². The molecule has 3 nitrogen and oxygen atoms in total. The molecule has 2 N–H and O–H groups in total. The van der Waals surface area contributed by atoms with Crippen LogP contribution >= 0.6 is 0 Å². The molecule has 0 aliphatic rings. The maximum Gasteiger partial charge on any atom is 0.0626 e. The fraction of sp³-hybridized carbons (Fsp3) is 0.389. The average Bonchev–Trinajstić information content (AvgIpc) is 2.44. The lowest BCUT2D eigenvalue weighted by Crippen LogP contribution is -2.28. The Morgan fingerprint density at radius 1 is 1.14 bits per heavy atom. The number of nitrogens with one attached hydrogen (secondary N) is 1. The average molecular weight is 284 g/mol. The predicted octanol–water partition coefficient (Wildman–Crippen LogP) is 3.39. The molecule has 21 heavy (non-hydrogen) atoms. The SMILES string of the molecule is Cc1cc(C)c(C(C)N[C@H](CO)c2ccccc2)c(C)n1. The minimum absolute atomic E-state index is 0.0682. The number of hydrogen-bond donors (Lipinski definition) is 2. The molecule has 112 valence electrons. The summed E-state index contributed by atoms with van der Waals surface area (Å²) in [5.41, 5.74) is 5.65. The van der Waals surface area contributed by atoms with Gasteiger partial charge in [-0.15, -0.1) is 0 Å². The topological polar surface area (TPSA) is 45.1 Å². The van der Waals surface area contributed by atoms with Gasteiger partial charge in [0.25, 0.3) is 0 Å². The maximum absolute atomic E-state index is 9.68. The molecule has 0 aliphatic heterocycles. The zero-order chi connectivity index (χ0) is 15.4. The third kappa shape index (κ3) is 3.69. The number of pyridine rings is 1. The van der Waals surface area contributed by atoms with E-state index in [1.54, 1.807) is 0 Å². The van der Waals surface area contributed by atoms with E-state index in [9.17, 15) is 5.11 Å². The van der Waals surface area contributed by atoms with Crippen LogP contribution in [0.1, 0.15) is 47.1 Å². The Kier molecular flexibility index (Phi) is 5.10. The van der Waals surface area contributed by atoms with Crippen molar-refractivity contribution in [1.82, 2.24) is 10.3 Å². The van der Waals surface area contributed by atoms with Gasteiger partial charge in [0, 0.05) is 17.4 Å². The quantitative estimate of drug-likeness (QED) is 0.884. The smallest absolute Gasteiger partial charge is 0.0626 e. The third-order valence-electron chi connectivity index (χ3n) is 3.85. The monoisotopic (exact) mass is 284 g/mol. The molecular weight excluding hydrogens is 260 g/mol. The molecule has 3 heteroatoms. The van der Waals surface area contributed by atoms with E-state index in [4.69, 9.17) is 0 Å². The largest absolute Gasteiger partial charge is 0.394 e. The van der Waals surface area contributed by atoms with Crippen LogP contribution in [0.5, 0.6) is 0 Å². The van der Waals surface area contributed by atoms with Gasteiger partial charge in [0.15, 0.2) is 0 Å². The van der Waals surface area contributed by atoms with E-state index in [0.717, 1.165) is 17.0 Å². The van der Waals surface area contributed by atoms with Crippen LogP contribution < -0.4 is 5.32 Å². The molecule has 0 bridgehead atoms. The van der Waals surface area contributed by atoms with Crippen LogP contribution in [0.25, 0.3) is 0 Å². The molecule has 0 spiro atoms. The van der Waals surface area contributed by atoms with Gasteiger partial charge in [-0.25, -0.2) is 0 Å². The lowest BCUT2D eigenvalue weighted by atomic mass is 9.98. The first-order valence-corrected chi connectivity index (χ1v) is 7.39. The molecule has 0 saturated heterocycles. The number of aliphatic hydroxyl groups excluding tert-OH is 1. The second-order valence-corrected chi connectivity index (χ2v) is 5.61. The highest BCUT2D eigenvalue weighted by molar-refractivity contribution is 5.34. The molecule has 1 heterocycles. The Labute approximate surface area is 127 Å². The Balaban J connectivity index is 2.23. The van der Waals surface area contributed by atoms with Gasteiger partial charge in [-0.05, 0) is 50.5 Å². The minimum Gasteiger partial charge on any atom is -0.394 e. The number of benzene rings is 1. The normalized spacial score (nSPS) is 14.0. The summed E-state index contributed by atoms with van der Waals surface area (Å²) in [4.78, 5) is 4.56. The summed E-state index contributed by atoms with van der Waals surface area (Å²) in [6.45, 7) is 8.38. The highest BCUT2D eigenvalue weighted by Gasteiger charge is 2.18. The second kappa shape index (κ2) is 6.83. The summed E-state index contributed by atoms with van der Waals surface area (Å²) in [7, 11) is 0. The molecule has 1 aromatic carbocycles. The highest BCUT2D eigenvalue weighted by Crippen LogP contribution is 2.24. The van der Waals surface area contributed by atoms with Crippen molar-refractivity contribution in [3.63, 3.8) is 0 Å². The molecule has 2 rings (SSSR count). The summed E-state index contributed by atoms with van der Waals surface area (Å²) >= 11 is 0. The van der Waals surface area contributed by atoms with Gasteiger partial charge >= 0.3 is 0 Å². The number of aliphatic hydroxyl groups is 1. The van der Waals surface area contributed by atoms with Crippen molar-refractivity contribution in [3.8, 4) is 0 Å². The molecular formula is C18H24N2O. The van der Waals surface area contributed by atoms with Gasteiger partial charge in [0.05, 0.1) is 12.6 Å². The standard InChI is InChI=1S/C18H24N2O/c1-12-10-13(2)19-14(3)18(12)15(4)20-17(11-21)16-8-6-5-7-9-16/h5-10,15,17,20-21H,11H2,1-4H3/t15?,17-/m1/s1. The summed E-state index contributed by atoms with van der Waals surface area (Å²) in [6.07, 6.45) is 0. The van der Waals surface area contributed by atoms with Crippen LogP contribution in [0, 0.1) is 20.8 Å². The minimum atomic E-state index is -0.0682. The zero-order valence-electron chi connectivity index (χ0n) is 13.2. The summed E-state index contributed by atoms with van der Waals surface area (Å²) in [5, 5.41) is 13.2. The van der Waals surface area contributed by atoms with Crippen molar-refractivity contribution in [3.05, 3.63) is 64.5 Å². The maximum atomic E-state index is 9.68. The predicted molar refractivity (Wildman–Crippen MR) is 86.3 cm³/mol. The highest BCUT2D eigenvalue weighted by atomic mass is 16.3. The fourth-order valence-corrected chi connectivity index (χ4v) is 3.01. The molecule has 1 aromatic heterocycles. The molecule has 1 unspecified atom stereocenters. The molecule has 0 radical (unpaired) electrons. The van der Waals surface area contributed by atoms with Gasteiger partial charge in [0.2, 0.25) is 0 Å². The van der Waals surface area contributed by atoms with Gasteiger partial charge in [-0.1, -0.05) is 30.3 Å². The molecule has 0 saturated carbocycles. The Hall–Kier alpha value is -1.71. The number of hydrogen-bond acceptors (Lipinski definition) is 3.